The van der Waals surface area contributed by atoms with Crippen molar-refractivity contribution in [3.8, 4) is 6.07 Å². The van der Waals surface area contributed by atoms with Crippen LogP contribution in [0.25, 0.3) is 0 Å². The largest absolute Gasteiger partial charge is 0.233 e. The highest BCUT2D eigenvalue weighted by atomic mass is 14.9. The van der Waals surface area contributed by atoms with Gasteiger partial charge in [0.25, 0.3) is 0 Å². The zero-order valence-corrected chi connectivity index (χ0v) is 7.66. The Morgan fingerprint density at radius 3 is 2.85 bits per heavy atom. The first kappa shape index (κ1) is 8.25. The van der Waals surface area contributed by atoms with E-state index in [0.29, 0.717) is 6.54 Å². The van der Waals surface area contributed by atoms with E-state index in [4.69, 9.17) is 5.26 Å². The molecule has 1 aromatic rings. The molecule has 0 N–H and O–H groups in total. The summed E-state index contributed by atoms with van der Waals surface area (Å²) in [6.45, 7) is 0.466. The third kappa shape index (κ3) is 1.70. The molecule has 0 radical (unpaired) electrons. The third-order valence-corrected chi connectivity index (χ3v) is 2.60. The summed E-state index contributed by atoms with van der Waals surface area (Å²) < 4.78 is 1.96. The topological polar surface area (TPSA) is 27.7 Å². The molecule has 0 aromatic carbocycles. The minimum atomic E-state index is 0.466. The lowest BCUT2D eigenvalue weighted by Gasteiger charge is -2.12. The molecule has 13 heavy (non-hydrogen) atoms. The smallest absolute Gasteiger partial charge is 0.191 e. The maximum absolute atomic E-state index is 8.55. The quantitative estimate of drug-likeness (QED) is 0.589. The summed E-state index contributed by atoms with van der Waals surface area (Å²) in [6, 6.07) is 4.31. The molecule has 2 heteroatoms. The molecule has 1 aromatic heterocycles. The number of aromatic nitrogens is 1. The predicted molar refractivity (Wildman–Crippen MR) is 48.9 cm³/mol. The zero-order valence-electron chi connectivity index (χ0n) is 7.66. The Bertz CT molecular complexity index is 350. The van der Waals surface area contributed by atoms with Gasteiger partial charge in [-0.1, -0.05) is 0 Å². The van der Waals surface area contributed by atoms with Crippen LogP contribution in [0.1, 0.15) is 24.0 Å². The van der Waals surface area contributed by atoms with Crippen molar-refractivity contribution in [3.63, 3.8) is 0 Å². The molecular formula is C11H13N2+. The molecule has 0 saturated carbocycles. The van der Waals surface area contributed by atoms with E-state index in [2.05, 4.69) is 18.3 Å². The van der Waals surface area contributed by atoms with Crippen molar-refractivity contribution in [1.82, 2.24) is 0 Å². The van der Waals surface area contributed by atoms with Crippen LogP contribution >= 0.6 is 0 Å². The minimum absolute atomic E-state index is 0.466. The lowest BCUT2D eigenvalue weighted by molar-refractivity contribution is -0.685. The first-order valence-corrected chi connectivity index (χ1v) is 4.78. The third-order valence-electron chi connectivity index (χ3n) is 2.60. The Morgan fingerprint density at radius 2 is 2.08 bits per heavy atom. The van der Waals surface area contributed by atoms with Crippen molar-refractivity contribution in [3.05, 3.63) is 29.6 Å². The Morgan fingerprint density at radius 1 is 1.31 bits per heavy atom. The van der Waals surface area contributed by atoms with E-state index in [1.807, 2.05) is 10.8 Å². The van der Waals surface area contributed by atoms with E-state index in [9.17, 15) is 0 Å². The number of nitrogens with zero attached hydrogens (tertiary/aromatic N) is 2. The Hall–Kier alpha value is -1.36. The fourth-order valence-electron chi connectivity index (χ4n) is 1.90. The Balaban J connectivity index is 2.31. The maximum Gasteiger partial charge on any atom is 0.233 e. The second-order valence-corrected chi connectivity index (χ2v) is 3.53. The molecule has 1 heterocycles. The SMILES string of the molecule is N#CC[n+]1ccc2c(c1)CCCC2. The highest BCUT2D eigenvalue weighted by Gasteiger charge is 2.12. The van der Waals surface area contributed by atoms with Crippen LogP contribution < -0.4 is 4.57 Å². The summed E-state index contributed by atoms with van der Waals surface area (Å²) in [6.07, 6.45) is 9.13. The molecule has 0 saturated heterocycles. The second-order valence-electron chi connectivity index (χ2n) is 3.53. The van der Waals surface area contributed by atoms with Crippen molar-refractivity contribution in [1.29, 1.82) is 5.26 Å². The number of nitriles is 1. The van der Waals surface area contributed by atoms with Gasteiger partial charge in [0.2, 0.25) is 6.54 Å². The summed E-state index contributed by atoms with van der Waals surface area (Å²) >= 11 is 0. The van der Waals surface area contributed by atoms with Crippen LogP contribution in [0, 0.1) is 11.3 Å². The van der Waals surface area contributed by atoms with Crippen LogP contribution in [0.15, 0.2) is 18.5 Å². The molecule has 2 nitrogen and oxygen atoms in total. The number of hydrogen-bond acceptors (Lipinski definition) is 1. The number of aryl methyl sites for hydroxylation is 2. The molecule has 0 spiro atoms. The Labute approximate surface area is 78.4 Å². The van der Waals surface area contributed by atoms with E-state index >= 15 is 0 Å². The van der Waals surface area contributed by atoms with Crippen LogP contribution in [0.3, 0.4) is 0 Å². The molecular weight excluding hydrogens is 160 g/mol. The Kier molecular flexibility index (Phi) is 2.27. The van der Waals surface area contributed by atoms with Crippen LogP contribution in [0.2, 0.25) is 0 Å². The summed E-state index contributed by atoms with van der Waals surface area (Å²) in [5.41, 5.74) is 2.91. The van der Waals surface area contributed by atoms with Crippen LogP contribution in [-0.2, 0) is 19.4 Å². The molecule has 0 atom stereocenters. The molecule has 1 aliphatic rings. The highest BCUT2D eigenvalue weighted by molar-refractivity contribution is 5.23. The fourth-order valence-corrected chi connectivity index (χ4v) is 1.90. The van der Waals surface area contributed by atoms with Gasteiger partial charge in [0.15, 0.2) is 12.4 Å². The van der Waals surface area contributed by atoms with Gasteiger partial charge < -0.3 is 0 Å². The molecule has 0 unspecified atom stereocenters. The predicted octanol–water partition coefficient (Wildman–Crippen LogP) is 1.38. The standard InChI is InChI=1S/C11H13N2/c12-6-8-13-7-5-10-3-1-2-4-11(10)9-13/h5,7,9H,1-4,8H2/q+1. The number of rotatable bonds is 1. The molecule has 0 aliphatic heterocycles. The van der Waals surface area contributed by atoms with E-state index in [1.165, 1.54) is 36.8 Å². The van der Waals surface area contributed by atoms with E-state index in [-0.39, 0.29) is 0 Å². The number of fused-ring (bicyclic) bond motifs is 1. The van der Waals surface area contributed by atoms with Crippen molar-refractivity contribution in [2.24, 2.45) is 0 Å². The lowest BCUT2D eigenvalue weighted by Crippen LogP contribution is -2.33. The molecule has 66 valence electrons. The summed E-state index contributed by atoms with van der Waals surface area (Å²) in [4.78, 5) is 0. The van der Waals surface area contributed by atoms with E-state index < -0.39 is 0 Å². The average Bonchev–Trinajstić information content (AvgIpc) is 2.18. The van der Waals surface area contributed by atoms with Gasteiger partial charge in [-0.3, -0.25) is 0 Å². The van der Waals surface area contributed by atoms with Gasteiger partial charge in [-0.25, -0.2) is 0 Å². The van der Waals surface area contributed by atoms with Crippen LogP contribution in [-0.4, -0.2) is 0 Å². The molecule has 1 aliphatic carbocycles. The minimum Gasteiger partial charge on any atom is -0.191 e. The maximum atomic E-state index is 8.55. The van der Waals surface area contributed by atoms with Gasteiger partial charge in [0.1, 0.15) is 6.07 Å². The normalized spacial score (nSPS) is 14.7. The van der Waals surface area contributed by atoms with E-state index in [0.717, 1.165) is 0 Å². The summed E-state index contributed by atoms with van der Waals surface area (Å²) in [5, 5.41) is 8.55. The summed E-state index contributed by atoms with van der Waals surface area (Å²) in [5.74, 6) is 0. The van der Waals surface area contributed by atoms with E-state index in [1.54, 1.807) is 0 Å². The average molecular weight is 173 g/mol. The van der Waals surface area contributed by atoms with Crippen molar-refractivity contribution in [2.45, 2.75) is 32.2 Å². The zero-order chi connectivity index (χ0) is 9.10. The second kappa shape index (κ2) is 3.57. The van der Waals surface area contributed by atoms with Gasteiger partial charge in [-0.2, -0.15) is 9.83 Å². The van der Waals surface area contributed by atoms with Gasteiger partial charge in [-0.15, -0.1) is 0 Å². The van der Waals surface area contributed by atoms with Gasteiger partial charge in [-0.05, 0) is 31.2 Å². The monoisotopic (exact) mass is 173 g/mol. The fraction of sp³-hybridized carbons (Fsp3) is 0.455. The number of hydrogen-bond donors (Lipinski definition) is 0. The highest BCUT2D eigenvalue weighted by Crippen LogP contribution is 2.18. The van der Waals surface area contributed by atoms with Gasteiger partial charge in [0, 0.05) is 11.6 Å². The van der Waals surface area contributed by atoms with Crippen molar-refractivity contribution < 1.29 is 4.57 Å². The van der Waals surface area contributed by atoms with Crippen molar-refractivity contribution >= 4 is 0 Å². The molecule has 0 fully saturated rings. The molecule has 0 amide bonds. The molecule has 0 bridgehead atoms. The first-order valence-electron chi connectivity index (χ1n) is 4.78. The van der Waals surface area contributed by atoms with Gasteiger partial charge in [0.05, 0.1) is 0 Å². The van der Waals surface area contributed by atoms with Crippen LogP contribution in [0.5, 0.6) is 0 Å². The first-order chi connectivity index (χ1) is 6.40. The van der Waals surface area contributed by atoms with Crippen molar-refractivity contribution in [2.75, 3.05) is 0 Å². The number of pyridine rings is 1. The van der Waals surface area contributed by atoms with Gasteiger partial charge >= 0.3 is 0 Å². The lowest BCUT2D eigenvalue weighted by atomic mass is 9.93. The molecule has 2 rings (SSSR count). The van der Waals surface area contributed by atoms with Crippen LogP contribution in [0.4, 0.5) is 0 Å². The summed E-state index contributed by atoms with van der Waals surface area (Å²) in [7, 11) is 0.